The summed E-state index contributed by atoms with van der Waals surface area (Å²) in [4.78, 5) is 1.40. The zero-order valence-electron chi connectivity index (χ0n) is 9.13. The van der Waals surface area contributed by atoms with E-state index in [-0.39, 0.29) is 0 Å². The Hall–Kier alpha value is -0.580. The fourth-order valence-corrected chi connectivity index (χ4v) is 2.97. The molecule has 0 aromatic carbocycles. The van der Waals surface area contributed by atoms with E-state index in [4.69, 9.17) is 4.42 Å². The van der Waals surface area contributed by atoms with Gasteiger partial charge in [0.05, 0.1) is 16.6 Å². The smallest absolute Gasteiger partial charge is 0.120 e. The molecule has 0 aliphatic rings. The minimum absolute atomic E-state index is 0.811. The highest BCUT2D eigenvalue weighted by molar-refractivity contribution is 9.11. The third-order valence-corrected chi connectivity index (χ3v) is 4.11. The van der Waals surface area contributed by atoms with Crippen molar-refractivity contribution >= 4 is 27.3 Å². The zero-order valence-corrected chi connectivity index (χ0v) is 11.5. The van der Waals surface area contributed by atoms with Crippen LogP contribution in [0.4, 0.5) is 0 Å². The minimum atomic E-state index is 0.811. The lowest BCUT2D eigenvalue weighted by atomic mass is 10.3. The Bertz CT molecular complexity index is 449. The van der Waals surface area contributed by atoms with Crippen LogP contribution in [-0.4, -0.2) is 6.54 Å². The van der Waals surface area contributed by atoms with E-state index in [9.17, 15) is 0 Å². The van der Waals surface area contributed by atoms with Crippen LogP contribution in [0.2, 0.25) is 0 Å². The average Bonchev–Trinajstić information content (AvgIpc) is 2.83. The molecule has 0 saturated heterocycles. The summed E-state index contributed by atoms with van der Waals surface area (Å²) in [7, 11) is 0. The molecule has 0 aliphatic carbocycles. The SMILES string of the molecule is Cc1ccoc1CNCCc1ccc(Br)s1. The molecule has 16 heavy (non-hydrogen) atoms. The summed E-state index contributed by atoms with van der Waals surface area (Å²) >= 11 is 5.26. The van der Waals surface area contributed by atoms with Crippen LogP contribution in [0.1, 0.15) is 16.2 Å². The maximum atomic E-state index is 5.35. The zero-order chi connectivity index (χ0) is 11.4. The second-order valence-corrected chi connectivity index (χ2v) is 6.21. The quantitative estimate of drug-likeness (QED) is 0.851. The van der Waals surface area contributed by atoms with E-state index in [2.05, 4.69) is 40.3 Å². The van der Waals surface area contributed by atoms with Gasteiger partial charge in [0, 0.05) is 11.4 Å². The van der Waals surface area contributed by atoms with Crippen molar-refractivity contribution < 1.29 is 4.42 Å². The molecule has 0 bridgehead atoms. The summed E-state index contributed by atoms with van der Waals surface area (Å²) in [5.74, 6) is 1.03. The van der Waals surface area contributed by atoms with Crippen LogP contribution in [-0.2, 0) is 13.0 Å². The molecule has 0 radical (unpaired) electrons. The molecule has 0 unspecified atom stereocenters. The predicted molar refractivity (Wildman–Crippen MR) is 70.9 cm³/mol. The minimum Gasteiger partial charge on any atom is -0.468 e. The van der Waals surface area contributed by atoms with Gasteiger partial charge in [0.1, 0.15) is 5.76 Å². The Morgan fingerprint density at radius 1 is 1.38 bits per heavy atom. The van der Waals surface area contributed by atoms with Gasteiger partial charge in [-0.2, -0.15) is 0 Å². The number of halogens is 1. The monoisotopic (exact) mass is 299 g/mol. The van der Waals surface area contributed by atoms with Gasteiger partial charge in [-0.05, 0) is 53.0 Å². The molecule has 1 N–H and O–H groups in total. The van der Waals surface area contributed by atoms with Crippen molar-refractivity contribution in [3.05, 3.63) is 44.4 Å². The van der Waals surface area contributed by atoms with Gasteiger partial charge in [0.15, 0.2) is 0 Å². The van der Waals surface area contributed by atoms with Gasteiger partial charge in [-0.15, -0.1) is 11.3 Å². The first-order valence-corrected chi connectivity index (χ1v) is 6.84. The lowest BCUT2D eigenvalue weighted by Gasteiger charge is -2.02. The van der Waals surface area contributed by atoms with E-state index in [1.165, 1.54) is 14.2 Å². The topological polar surface area (TPSA) is 25.2 Å². The van der Waals surface area contributed by atoms with Crippen molar-refractivity contribution in [3.63, 3.8) is 0 Å². The van der Waals surface area contributed by atoms with Gasteiger partial charge < -0.3 is 9.73 Å². The molecule has 86 valence electrons. The molecule has 2 nitrogen and oxygen atoms in total. The van der Waals surface area contributed by atoms with E-state index >= 15 is 0 Å². The van der Waals surface area contributed by atoms with Crippen molar-refractivity contribution in [2.45, 2.75) is 19.9 Å². The first-order valence-electron chi connectivity index (χ1n) is 5.23. The number of thiophene rings is 1. The fraction of sp³-hybridized carbons (Fsp3) is 0.333. The van der Waals surface area contributed by atoms with Crippen LogP contribution in [0.15, 0.2) is 32.7 Å². The molecular formula is C12H14BrNOS. The lowest BCUT2D eigenvalue weighted by Crippen LogP contribution is -2.16. The third kappa shape index (κ3) is 3.20. The third-order valence-electron chi connectivity index (χ3n) is 2.43. The van der Waals surface area contributed by atoms with Crippen LogP contribution in [0.25, 0.3) is 0 Å². The van der Waals surface area contributed by atoms with Crippen LogP contribution in [0, 0.1) is 6.92 Å². The van der Waals surface area contributed by atoms with Gasteiger partial charge in [0.25, 0.3) is 0 Å². The predicted octanol–water partition coefficient (Wildman–Crippen LogP) is 3.74. The number of nitrogens with one attached hydrogen (secondary N) is 1. The highest BCUT2D eigenvalue weighted by Gasteiger charge is 2.01. The first kappa shape index (κ1) is 11.9. The Morgan fingerprint density at radius 2 is 2.25 bits per heavy atom. The van der Waals surface area contributed by atoms with Crippen LogP contribution >= 0.6 is 27.3 Å². The van der Waals surface area contributed by atoms with E-state index in [0.29, 0.717) is 0 Å². The number of aryl methyl sites for hydroxylation is 1. The van der Waals surface area contributed by atoms with Crippen LogP contribution in [0.3, 0.4) is 0 Å². The summed E-state index contributed by atoms with van der Waals surface area (Å²) < 4.78 is 6.55. The van der Waals surface area contributed by atoms with E-state index in [0.717, 1.165) is 25.3 Å². The molecule has 4 heteroatoms. The largest absolute Gasteiger partial charge is 0.468 e. The van der Waals surface area contributed by atoms with E-state index in [1.807, 2.05) is 6.07 Å². The van der Waals surface area contributed by atoms with Crippen molar-refractivity contribution in [2.75, 3.05) is 6.54 Å². The lowest BCUT2D eigenvalue weighted by molar-refractivity contribution is 0.481. The first-order chi connectivity index (χ1) is 7.75. The second kappa shape index (κ2) is 5.66. The van der Waals surface area contributed by atoms with Gasteiger partial charge in [-0.1, -0.05) is 0 Å². The molecule has 0 amide bonds. The summed E-state index contributed by atoms with van der Waals surface area (Å²) in [6, 6.07) is 6.25. The van der Waals surface area contributed by atoms with Crippen molar-refractivity contribution in [1.82, 2.24) is 5.32 Å². The molecule has 2 aromatic rings. The number of furan rings is 1. The Kier molecular flexibility index (Phi) is 4.21. The van der Waals surface area contributed by atoms with Gasteiger partial charge >= 0.3 is 0 Å². The van der Waals surface area contributed by atoms with E-state index < -0.39 is 0 Å². The molecule has 2 heterocycles. The van der Waals surface area contributed by atoms with Gasteiger partial charge in [0.2, 0.25) is 0 Å². The molecule has 0 fully saturated rings. The summed E-state index contributed by atoms with van der Waals surface area (Å²) in [5, 5.41) is 3.38. The maximum absolute atomic E-state index is 5.35. The molecular weight excluding hydrogens is 286 g/mol. The number of hydrogen-bond donors (Lipinski definition) is 1. The summed E-state index contributed by atoms with van der Waals surface area (Å²) in [5.41, 5.74) is 1.21. The molecule has 2 aromatic heterocycles. The van der Waals surface area contributed by atoms with Crippen molar-refractivity contribution in [1.29, 1.82) is 0 Å². The number of rotatable bonds is 5. The average molecular weight is 300 g/mol. The van der Waals surface area contributed by atoms with E-state index in [1.54, 1.807) is 17.6 Å². The second-order valence-electron chi connectivity index (χ2n) is 3.66. The summed E-state index contributed by atoms with van der Waals surface area (Å²) in [6.45, 7) is 3.86. The number of hydrogen-bond acceptors (Lipinski definition) is 3. The highest BCUT2D eigenvalue weighted by atomic mass is 79.9. The van der Waals surface area contributed by atoms with Gasteiger partial charge in [-0.25, -0.2) is 0 Å². The highest BCUT2D eigenvalue weighted by Crippen LogP contribution is 2.22. The molecule has 0 aliphatic heterocycles. The summed E-state index contributed by atoms with van der Waals surface area (Å²) in [6.07, 6.45) is 2.80. The molecule has 0 saturated carbocycles. The fourth-order valence-electron chi connectivity index (χ4n) is 1.48. The molecule has 0 spiro atoms. The van der Waals surface area contributed by atoms with Gasteiger partial charge in [-0.3, -0.25) is 0 Å². The Balaban J connectivity index is 1.71. The Labute approximate surface area is 108 Å². The maximum Gasteiger partial charge on any atom is 0.120 e. The van der Waals surface area contributed by atoms with Crippen LogP contribution in [0.5, 0.6) is 0 Å². The Morgan fingerprint density at radius 3 is 2.88 bits per heavy atom. The van der Waals surface area contributed by atoms with Crippen molar-refractivity contribution in [2.24, 2.45) is 0 Å². The van der Waals surface area contributed by atoms with Crippen LogP contribution < -0.4 is 5.32 Å². The standard InChI is InChI=1S/C12H14BrNOS/c1-9-5-7-15-11(9)8-14-6-4-10-2-3-12(13)16-10/h2-3,5,7,14H,4,6,8H2,1H3. The van der Waals surface area contributed by atoms with Crippen molar-refractivity contribution in [3.8, 4) is 0 Å². The normalized spacial score (nSPS) is 10.9. The molecule has 0 atom stereocenters. The molecule has 2 rings (SSSR count).